The van der Waals surface area contributed by atoms with Crippen molar-refractivity contribution in [3.8, 4) is 0 Å². The Hall–Kier alpha value is -0.600. The van der Waals surface area contributed by atoms with E-state index >= 15 is 0 Å². The summed E-state index contributed by atoms with van der Waals surface area (Å²) in [5.74, 6) is 0. The molecule has 0 radical (unpaired) electrons. The van der Waals surface area contributed by atoms with Crippen LogP contribution < -0.4 is 5.73 Å². The van der Waals surface area contributed by atoms with Crippen LogP contribution in [-0.2, 0) is 0 Å². The topological polar surface area (TPSA) is 26.0 Å². The van der Waals surface area contributed by atoms with Gasteiger partial charge in [0.15, 0.2) is 0 Å². The zero-order valence-electron chi connectivity index (χ0n) is 7.84. The Bertz CT molecular complexity index is 319. The van der Waals surface area contributed by atoms with Crippen molar-refractivity contribution in [2.45, 2.75) is 31.0 Å². The maximum absolute atomic E-state index is 13.9. The number of benzene rings is 1. The zero-order chi connectivity index (χ0) is 10.2. The Morgan fingerprint density at radius 2 is 1.86 bits per heavy atom. The molecular weight excluding hydrogens is 201 g/mol. The maximum Gasteiger partial charge on any atom is 0.143 e. The lowest BCUT2D eigenvalue weighted by Gasteiger charge is -2.40. The molecule has 1 unspecified atom stereocenters. The molecule has 0 spiro atoms. The molecule has 0 heterocycles. The van der Waals surface area contributed by atoms with Gasteiger partial charge in [0.25, 0.3) is 0 Å². The second-order valence-electron chi connectivity index (χ2n) is 4.00. The van der Waals surface area contributed by atoms with Gasteiger partial charge in [-0.25, -0.2) is 4.39 Å². The normalized spacial score (nSPS) is 21.4. The molecule has 1 aromatic carbocycles. The fraction of sp³-hybridized carbons (Fsp3) is 0.455. The molecule has 0 saturated heterocycles. The van der Waals surface area contributed by atoms with Crippen molar-refractivity contribution < 1.29 is 4.39 Å². The minimum atomic E-state index is -1.06. The van der Waals surface area contributed by atoms with Crippen LogP contribution in [0.2, 0.25) is 5.02 Å². The largest absolute Gasteiger partial charge is 0.322 e. The first-order valence-corrected chi connectivity index (χ1v) is 5.18. The van der Waals surface area contributed by atoms with Crippen molar-refractivity contribution >= 4 is 11.6 Å². The molecule has 0 aromatic heterocycles. The van der Waals surface area contributed by atoms with Gasteiger partial charge in [-0.2, -0.15) is 0 Å². The standard InChI is InChI=1S/C11H13ClFN/c12-9-4-2-8(3-5-9)10(13)11(14)6-1-7-11/h2-5,10H,1,6-7,14H2. The van der Waals surface area contributed by atoms with Crippen LogP contribution in [0, 0.1) is 0 Å². The van der Waals surface area contributed by atoms with Crippen molar-refractivity contribution in [3.63, 3.8) is 0 Å². The summed E-state index contributed by atoms with van der Waals surface area (Å²) in [6.07, 6.45) is 1.52. The smallest absolute Gasteiger partial charge is 0.143 e. The molecule has 0 aliphatic heterocycles. The minimum Gasteiger partial charge on any atom is -0.322 e. The molecule has 1 fully saturated rings. The Kier molecular flexibility index (Phi) is 2.50. The van der Waals surface area contributed by atoms with Crippen LogP contribution >= 0.6 is 11.6 Å². The van der Waals surface area contributed by atoms with E-state index in [9.17, 15) is 4.39 Å². The monoisotopic (exact) mass is 213 g/mol. The van der Waals surface area contributed by atoms with Crippen molar-refractivity contribution in [1.82, 2.24) is 0 Å². The molecule has 0 amide bonds. The molecule has 3 heteroatoms. The van der Waals surface area contributed by atoms with Gasteiger partial charge < -0.3 is 5.73 Å². The first kappa shape index (κ1) is 9.94. The van der Waals surface area contributed by atoms with Gasteiger partial charge in [-0.05, 0) is 37.0 Å². The van der Waals surface area contributed by atoms with Crippen LogP contribution in [0.25, 0.3) is 0 Å². The van der Waals surface area contributed by atoms with E-state index in [2.05, 4.69) is 0 Å². The third-order valence-electron chi connectivity index (χ3n) is 2.95. The second-order valence-corrected chi connectivity index (χ2v) is 4.44. The van der Waals surface area contributed by atoms with Gasteiger partial charge in [-0.1, -0.05) is 23.7 Å². The Labute approximate surface area is 88.1 Å². The van der Waals surface area contributed by atoms with E-state index in [1.807, 2.05) is 0 Å². The number of rotatable bonds is 2. The number of halogens is 2. The average Bonchev–Trinajstić information content (AvgIpc) is 2.14. The van der Waals surface area contributed by atoms with E-state index in [1.54, 1.807) is 24.3 Å². The summed E-state index contributed by atoms with van der Waals surface area (Å²) in [6, 6.07) is 6.82. The van der Waals surface area contributed by atoms with Crippen LogP contribution in [0.4, 0.5) is 4.39 Å². The lowest BCUT2D eigenvalue weighted by Crippen LogP contribution is -2.50. The number of nitrogens with two attached hydrogens (primary N) is 1. The highest BCUT2D eigenvalue weighted by Crippen LogP contribution is 2.42. The van der Waals surface area contributed by atoms with Crippen LogP contribution in [0.3, 0.4) is 0 Å². The Morgan fingerprint density at radius 3 is 2.29 bits per heavy atom. The lowest BCUT2D eigenvalue weighted by molar-refractivity contribution is 0.108. The number of alkyl halides is 1. The maximum atomic E-state index is 13.9. The average molecular weight is 214 g/mol. The van der Waals surface area contributed by atoms with Crippen LogP contribution in [0.15, 0.2) is 24.3 Å². The van der Waals surface area contributed by atoms with E-state index in [-0.39, 0.29) is 0 Å². The van der Waals surface area contributed by atoms with E-state index in [4.69, 9.17) is 17.3 Å². The van der Waals surface area contributed by atoms with Crippen molar-refractivity contribution in [3.05, 3.63) is 34.9 Å². The molecule has 2 N–H and O–H groups in total. The number of hydrogen-bond acceptors (Lipinski definition) is 1. The molecule has 2 rings (SSSR count). The quantitative estimate of drug-likeness (QED) is 0.802. The highest BCUT2D eigenvalue weighted by Gasteiger charge is 2.41. The van der Waals surface area contributed by atoms with Gasteiger partial charge in [0.2, 0.25) is 0 Å². The minimum absolute atomic E-state index is 0.626. The van der Waals surface area contributed by atoms with Gasteiger partial charge in [-0.15, -0.1) is 0 Å². The van der Waals surface area contributed by atoms with Gasteiger partial charge in [0, 0.05) is 5.02 Å². The third kappa shape index (κ3) is 1.64. The Balaban J connectivity index is 2.18. The van der Waals surface area contributed by atoms with E-state index in [1.165, 1.54) is 0 Å². The van der Waals surface area contributed by atoms with E-state index < -0.39 is 11.7 Å². The Morgan fingerprint density at radius 1 is 1.29 bits per heavy atom. The summed E-state index contributed by atoms with van der Waals surface area (Å²) < 4.78 is 13.9. The van der Waals surface area contributed by atoms with Crippen LogP contribution in [-0.4, -0.2) is 5.54 Å². The first-order chi connectivity index (χ1) is 6.62. The van der Waals surface area contributed by atoms with Crippen molar-refractivity contribution in [2.24, 2.45) is 5.73 Å². The molecule has 76 valence electrons. The molecule has 1 atom stereocenters. The molecule has 1 saturated carbocycles. The number of hydrogen-bond donors (Lipinski definition) is 1. The third-order valence-corrected chi connectivity index (χ3v) is 3.20. The molecule has 14 heavy (non-hydrogen) atoms. The summed E-state index contributed by atoms with van der Waals surface area (Å²) in [5, 5.41) is 0.626. The highest BCUT2D eigenvalue weighted by molar-refractivity contribution is 6.30. The van der Waals surface area contributed by atoms with Crippen molar-refractivity contribution in [1.29, 1.82) is 0 Å². The van der Waals surface area contributed by atoms with Gasteiger partial charge in [0.1, 0.15) is 6.17 Å². The zero-order valence-corrected chi connectivity index (χ0v) is 8.60. The fourth-order valence-electron chi connectivity index (χ4n) is 1.80. The summed E-state index contributed by atoms with van der Waals surface area (Å²) >= 11 is 5.72. The van der Waals surface area contributed by atoms with Crippen LogP contribution in [0.5, 0.6) is 0 Å². The molecular formula is C11H13ClFN. The summed E-state index contributed by atoms with van der Waals surface area (Å²) in [7, 11) is 0. The van der Waals surface area contributed by atoms with Gasteiger partial charge in [0.05, 0.1) is 5.54 Å². The molecule has 1 nitrogen and oxygen atoms in total. The molecule has 1 aliphatic rings. The summed E-state index contributed by atoms with van der Waals surface area (Å²) in [4.78, 5) is 0. The predicted molar refractivity (Wildman–Crippen MR) is 56.1 cm³/mol. The molecule has 1 aromatic rings. The van der Waals surface area contributed by atoms with E-state index in [0.717, 1.165) is 19.3 Å². The van der Waals surface area contributed by atoms with Crippen molar-refractivity contribution in [2.75, 3.05) is 0 Å². The first-order valence-electron chi connectivity index (χ1n) is 4.80. The second kappa shape index (κ2) is 3.52. The van der Waals surface area contributed by atoms with Crippen LogP contribution in [0.1, 0.15) is 31.0 Å². The highest BCUT2D eigenvalue weighted by atomic mass is 35.5. The molecule has 0 bridgehead atoms. The van der Waals surface area contributed by atoms with Gasteiger partial charge in [-0.3, -0.25) is 0 Å². The SMILES string of the molecule is NC1(C(F)c2ccc(Cl)cc2)CCC1. The van der Waals surface area contributed by atoms with Gasteiger partial charge >= 0.3 is 0 Å². The predicted octanol–water partition coefficient (Wildman–Crippen LogP) is 3.23. The summed E-state index contributed by atoms with van der Waals surface area (Å²) in [5.41, 5.74) is 5.91. The van der Waals surface area contributed by atoms with E-state index in [0.29, 0.717) is 10.6 Å². The molecule has 1 aliphatic carbocycles. The fourth-order valence-corrected chi connectivity index (χ4v) is 1.93. The lowest BCUT2D eigenvalue weighted by atomic mass is 9.72. The summed E-state index contributed by atoms with van der Waals surface area (Å²) in [6.45, 7) is 0.